The Morgan fingerprint density at radius 3 is 2.15 bits per heavy atom. The summed E-state index contributed by atoms with van der Waals surface area (Å²) < 4.78 is 0. The third-order valence-electron chi connectivity index (χ3n) is 2.04. The zero-order valence-corrected chi connectivity index (χ0v) is 8.62. The van der Waals surface area contributed by atoms with Crippen LogP contribution in [0.15, 0.2) is 0 Å². The van der Waals surface area contributed by atoms with E-state index in [4.69, 9.17) is 0 Å². The second kappa shape index (κ2) is 6.54. The minimum atomic E-state index is 0.345. The number of terminal acetylenes is 1. The molecule has 2 nitrogen and oxygen atoms in total. The summed E-state index contributed by atoms with van der Waals surface area (Å²) in [5.74, 6) is 0.848. The van der Waals surface area contributed by atoms with Crippen LogP contribution in [-0.2, 0) is 4.79 Å². The molecular formula is C11H19NO. The molecule has 0 aromatic heterocycles. The first-order chi connectivity index (χ1) is 6.20. The Balaban J connectivity index is 0.000000671. The maximum absolute atomic E-state index is 11.4. The molecule has 0 N–H and O–H groups in total. The molecule has 13 heavy (non-hydrogen) atoms. The SMILES string of the molecule is C#C.CC(C)CC(=O)N1CCCC1. The Morgan fingerprint density at radius 2 is 1.77 bits per heavy atom. The average molecular weight is 181 g/mol. The Kier molecular flexibility index (Phi) is 6.05. The van der Waals surface area contributed by atoms with Crippen molar-refractivity contribution in [3.8, 4) is 12.8 Å². The summed E-state index contributed by atoms with van der Waals surface area (Å²) in [4.78, 5) is 13.4. The molecule has 1 aliphatic rings. The highest BCUT2D eigenvalue weighted by Gasteiger charge is 2.17. The van der Waals surface area contributed by atoms with Gasteiger partial charge in [-0.05, 0) is 18.8 Å². The summed E-state index contributed by atoms with van der Waals surface area (Å²) in [6, 6.07) is 0. The van der Waals surface area contributed by atoms with E-state index >= 15 is 0 Å². The van der Waals surface area contributed by atoms with Crippen LogP contribution in [0.1, 0.15) is 33.1 Å². The summed E-state index contributed by atoms with van der Waals surface area (Å²) in [6.45, 7) is 6.17. The lowest BCUT2D eigenvalue weighted by atomic mass is 10.1. The molecule has 0 saturated carbocycles. The minimum Gasteiger partial charge on any atom is -0.343 e. The van der Waals surface area contributed by atoms with Gasteiger partial charge in [0.1, 0.15) is 0 Å². The maximum Gasteiger partial charge on any atom is 0.222 e. The fourth-order valence-corrected chi connectivity index (χ4v) is 1.44. The van der Waals surface area contributed by atoms with Crippen LogP contribution in [0.5, 0.6) is 0 Å². The van der Waals surface area contributed by atoms with Gasteiger partial charge in [0.15, 0.2) is 0 Å². The van der Waals surface area contributed by atoms with E-state index in [1.165, 1.54) is 12.8 Å². The predicted octanol–water partition coefficient (Wildman–Crippen LogP) is 1.90. The first-order valence-corrected chi connectivity index (χ1v) is 4.81. The topological polar surface area (TPSA) is 20.3 Å². The average Bonchev–Trinajstić information content (AvgIpc) is 2.58. The predicted molar refractivity (Wildman–Crippen MR) is 55.2 cm³/mol. The van der Waals surface area contributed by atoms with Gasteiger partial charge in [0.2, 0.25) is 5.91 Å². The van der Waals surface area contributed by atoms with E-state index in [0.717, 1.165) is 19.5 Å². The van der Waals surface area contributed by atoms with Crippen LogP contribution in [0.4, 0.5) is 0 Å². The van der Waals surface area contributed by atoms with Crippen molar-refractivity contribution in [3.63, 3.8) is 0 Å². The number of carbonyl (C=O) groups is 1. The summed E-state index contributed by atoms with van der Waals surface area (Å²) in [7, 11) is 0. The van der Waals surface area contributed by atoms with Gasteiger partial charge in [0.05, 0.1) is 0 Å². The number of rotatable bonds is 2. The fourth-order valence-electron chi connectivity index (χ4n) is 1.44. The molecule has 0 aliphatic carbocycles. The van der Waals surface area contributed by atoms with Gasteiger partial charge in [-0.1, -0.05) is 13.8 Å². The number of hydrogen-bond donors (Lipinski definition) is 0. The highest BCUT2D eigenvalue weighted by Crippen LogP contribution is 2.11. The van der Waals surface area contributed by atoms with E-state index in [9.17, 15) is 4.79 Å². The van der Waals surface area contributed by atoms with Crippen molar-refractivity contribution in [2.45, 2.75) is 33.1 Å². The van der Waals surface area contributed by atoms with Crippen molar-refractivity contribution in [2.75, 3.05) is 13.1 Å². The number of amides is 1. The van der Waals surface area contributed by atoms with Crippen LogP contribution in [-0.4, -0.2) is 23.9 Å². The van der Waals surface area contributed by atoms with E-state index in [-0.39, 0.29) is 0 Å². The van der Waals surface area contributed by atoms with Gasteiger partial charge in [0.25, 0.3) is 0 Å². The molecular weight excluding hydrogens is 162 g/mol. The molecule has 1 saturated heterocycles. The van der Waals surface area contributed by atoms with Crippen LogP contribution >= 0.6 is 0 Å². The molecule has 1 fully saturated rings. The van der Waals surface area contributed by atoms with Gasteiger partial charge in [-0.15, -0.1) is 12.8 Å². The Hall–Kier alpha value is -0.970. The van der Waals surface area contributed by atoms with Crippen molar-refractivity contribution >= 4 is 5.91 Å². The summed E-state index contributed by atoms with van der Waals surface area (Å²) in [6.07, 6.45) is 11.1. The van der Waals surface area contributed by atoms with E-state index < -0.39 is 0 Å². The van der Waals surface area contributed by atoms with Crippen LogP contribution in [0.3, 0.4) is 0 Å². The van der Waals surface area contributed by atoms with Crippen LogP contribution in [0, 0.1) is 18.8 Å². The summed E-state index contributed by atoms with van der Waals surface area (Å²) >= 11 is 0. The first-order valence-electron chi connectivity index (χ1n) is 4.81. The van der Waals surface area contributed by atoms with Gasteiger partial charge in [-0.25, -0.2) is 0 Å². The van der Waals surface area contributed by atoms with Gasteiger partial charge in [-0.2, -0.15) is 0 Å². The Labute approximate surface area is 81.3 Å². The second-order valence-electron chi connectivity index (χ2n) is 3.69. The summed E-state index contributed by atoms with van der Waals surface area (Å²) in [5.41, 5.74) is 0. The summed E-state index contributed by atoms with van der Waals surface area (Å²) in [5, 5.41) is 0. The van der Waals surface area contributed by atoms with Gasteiger partial charge < -0.3 is 4.90 Å². The molecule has 74 valence electrons. The molecule has 0 bridgehead atoms. The molecule has 1 amide bonds. The van der Waals surface area contributed by atoms with Gasteiger partial charge >= 0.3 is 0 Å². The van der Waals surface area contributed by atoms with Crippen molar-refractivity contribution in [2.24, 2.45) is 5.92 Å². The molecule has 0 atom stereocenters. The molecule has 1 rings (SSSR count). The molecule has 0 aromatic carbocycles. The minimum absolute atomic E-state index is 0.345. The van der Waals surface area contributed by atoms with Crippen molar-refractivity contribution in [1.82, 2.24) is 4.90 Å². The molecule has 0 aromatic rings. The van der Waals surface area contributed by atoms with Crippen molar-refractivity contribution < 1.29 is 4.79 Å². The van der Waals surface area contributed by atoms with E-state index in [1.54, 1.807) is 0 Å². The Bertz CT molecular complexity index is 166. The normalized spacial score (nSPS) is 15.3. The number of nitrogens with zero attached hydrogens (tertiary/aromatic N) is 1. The van der Waals surface area contributed by atoms with E-state index in [1.807, 2.05) is 4.90 Å². The number of hydrogen-bond acceptors (Lipinski definition) is 1. The van der Waals surface area contributed by atoms with E-state index in [2.05, 4.69) is 26.7 Å². The standard InChI is InChI=1S/C9H17NO.C2H2/c1-8(2)7-9(11)10-5-3-4-6-10;1-2/h8H,3-7H2,1-2H3;1-2H. The lowest BCUT2D eigenvalue weighted by Crippen LogP contribution is -2.28. The zero-order valence-electron chi connectivity index (χ0n) is 8.62. The van der Waals surface area contributed by atoms with Crippen LogP contribution in [0.2, 0.25) is 0 Å². The van der Waals surface area contributed by atoms with Crippen molar-refractivity contribution in [3.05, 3.63) is 0 Å². The number of carbonyl (C=O) groups excluding carboxylic acids is 1. The highest BCUT2D eigenvalue weighted by atomic mass is 16.2. The lowest BCUT2D eigenvalue weighted by molar-refractivity contribution is -0.130. The molecule has 0 radical (unpaired) electrons. The van der Waals surface area contributed by atoms with Gasteiger partial charge in [0, 0.05) is 19.5 Å². The molecule has 0 unspecified atom stereocenters. The van der Waals surface area contributed by atoms with Crippen LogP contribution < -0.4 is 0 Å². The van der Waals surface area contributed by atoms with Crippen molar-refractivity contribution in [1.29, 1.82) is 0 Å². The molecule has 2 heteroatoms. The number of likely N-dealkylation sites (tertiary alicyclic amines) is 1. The maximum atomic E-state index is 11.4. The monoisotopic (exact) mass is 181 g/mol. The first kappa shape index (κ1) is 12.0. The van der Waals surface area contributed by atoms with Gasteiger partial charge in [-0.3, -0.25) is 4.79 Å². The van der Waals surface area contributed by atoms with E-state index in [0.29, 0.717) is 11.8 Å². The third-order valence-corrected chi connectivity index (χ3v) is 2.04. The Morgan fingerprint density at radius 1 is 1.31 bits per heavy atom. The quantitative estimate of drug-likeness (QED) is 0.596. The second-order valence-corrected chi connectivity index (χ2v) is 3.69. The lowest BCUT2D eigenvalue weighted by Gasteiger charge is -2.16. The third kappa shape index (κ3) is 4.57. The zero-order chi connectivity index (χ0) is 10.3. The largest absolute Gasteiger partial charge is 0.343 e. The molecule has 1 aliphatic heterocycles. The molecule has 1 heterocycles. The smallest absolute Gasteiger partial charge is 0.222 e. The van der Waals surface area contributed by atoms with Crippen LogP contribution in [0.25, 0.3) is 0 Å². The highest BCUT2D eigenvalue weighted by molar-refractivity contribution is 5.76. The molecule has 0 spiro atoms. The fraction of sp³-hybridized carbons (Fsp3) is 0.727.